The van der Waals surface area contributed by atoms with Gasteiger partial charge in [0.15, 0.2) is 0 Å². The summed E-state index contributed by atoms with van der Waals surface area (Å²) in [5.41, 5.74) is 7.01. The molecule has 0 unspecified atom stereocenters. The Balaban J connectivity index is 1.09. The second-order valence-electron chi connectivity index (χ2n) is 13.4. The molecule has 49 heavy (non-hydrogen) atoms. The van der Waals surface area contributed by atoms with Crippen LogP contribution in [-0.4, -0.2) is 85.3 Å². The molecule has 9 nitrogen and oxygen atoms in total. The Morgan fingerprint density at radius 1 is 0.959 bits per heavy atom. The lowest BCUT2D eigenvalue weighted by Crippen LogP contribution is -2.65. The number of ether oxygens (including phenoxy) is 3. The molecular weight excluding hydrogens is 661 g/mol. The van der Waals surface area contributed by atoms with E-state index in [0.29, 0.717) is 45.3 Å². The van der Waals surface area contributed by atoms with E-state index in [2.05, 4.69) is 27.3 Å². The van der Waals surface area contributed by atoms with Gasteiger partial charge in [0.25, 0.3) is 0 Å². The Bertz CT molecular complexity index is 1850. The highest BCUT2D eigenvalue weighted by Crippen LogP contribution is 2.43. The summed E-state index contributed by atoms with van der Waals surface area (Å²) in [5.74, 6) is 1.49. The summed E-state index contributed by atoms with van der Waals surface area (Å²) in [4.78, 5) is 25.5. The molecule has 0 saturated carbocycles. The summed E-state index contributed by atoms with van der Waals surface area (Å²) < 4.78 is 17.0. The van der Waals surface area contributed by atoms with Crippen LogP contribution in [0.1, 0.15) is 30.9 Å². The summed E-state index contributed by atoms with van der Waals surface area (Å²) in [6.07, 6.45) is 3.60. The molecule has 2 aromatic heterocycles. The summed E-state index contributed by atoms with van der Waals surface area (Å²) in [5, 5.41) is 4.66. The number of likely N-dealkylation sites (tertiary alicyclic amines) is 2. The van der Waals surface area contributed by atoms with Crippen LogP contribution in [0.2, 0.25) is 10.0 Å². The molecule has 3 saturated heterocycles. The fraction of sp³-hybridized carbons (Fsp3) is 0.395. The van der Waals surface area contributed by atoms with Crippen LogP contribution in [-0.2, 0) is 22.6 Å². The van der Waals surface area contributed by atoms with Crippen LogP contribution in [0.25, 0.3) is 33.6 Å². The summed E-state index contributed by atoms with van der Waals surface area (Å²) >= 11 is 14.2. The van der Waals surface area contributed by atoms with Crippen molar-refractivity contribution < 1.29 is 19.0 Å². The molecule has 7 rings (SSSR count). The monoisotopic (exact) mass is 701 g/mol. The Morgan fingerprint density at radius 2 is 1.69 bits per heavy atom. The first kappa shape index (κ1) is 33.8. The van der Waals surface area contributed by atoms with Gasteiger partial charge in [-0.3, -0.25) is 14.7 Å². The highest BCUT2D eigenvalue weighted by Gasteiger charge is 2.48. The van der Waals surface area contributed by atoms with Gasteiger partial charge in [0.1, 0.15) is 5.75 Å². The van der Waals surface area contributed by atoms with E-state index >= 15 is 0 Å². The highest BCUT2D eigenvalue weighted by molar-refractivity contribution is 6.39. The minimum atomic E-state index is 0.135. The Hall–Kier alpha value is -3.73. The van der Waals surface area contributed by atoms with Crippen molar-refractivity contribution in [3.05, 3.63) is 82.0 Å². The maximum Gasteiger partial charge on any atom is 0.219 e. The van der Waals surface area contributed by atoms with Gasteiger partial charge in [0.05, 0.1) is 48.9 Å². The quantitative estimate of drug-likeness (QED) is 0.195. The topological polar surface area (TPSA) is 89.0 Å². The third-order valence-electron chi connectivity index (χ3n) is 10.00. The lowest BCUT2D eigenvalue weighted by atomic mass is 9.78. The maximum absolute atomic E-state index is 11.7. The number of hydrogen-bond donors (Lipinski definition) is 1. The normalized spacial score (nSPS) is 17.4. The maximum atomic E-state index is 11.7. The molecule has 3 fully saturated rings. The molecule has 256 valence electrons. The number of nitrogens with one attached hydrogen (secondary N) is 1. The molecule has 0 atom stereocenters. The van der Waals surface area contributed by atoms with Crippen LogP contribution in [0.5, 0.6) is 11.6 Å². The smallest absolute Gasteiger partial charge is 0.219 e. The molecule has 1 amide bonds. The van der Waals surface area contributed by atoms with Crippen LogP contribution in [0.4, 0.5) is 0 Å². The van der Waals surface area contributed by atoms with Crippen molar-refractivity contribution in [1.29, 1.82) is 0 Å². The molecule has 3 aliphatic heterocycles. The first-order valence-corrected chi connectivity index (χ1v) is 17.5. The Labute approximate surface area is 297 Å². The summed E-state index contributed by atoms with van der Waals surface area (Å²) in [6, 6.07) is 18.2. The van der Waals surface area contributed by atoms with E-state index in [1.165, 1.54) is 0 Å². The van der Waals surface area contributed by atoms with Crippen LogP contribution >= 0.6 is 23.2 Å². The number of benzene rings is 2. The van der Waals surface area contributed by atoms with E-state index in [1.807, 2.05) is 47.4 Å². The van der Waals surface area contributed by atoms with E-state index in [9.17, 15) is 4.79 Å². The number of carbonyl (C=O) groups is 1. The third kappa shape index (κ3) is 6.87. The van der Waals surface area contributed by atoms with Gasteiger partial charge in [-0.2, -0.15) is 0 Å². The average Bonchev–Trinajstić information content (AvgIpc) is 3.08. The second kappa shape index (κ2) is 14.2. The lowest BCUT2D eigenvalue weighted by Gasteiger charge is -2.55. The predicted molar refractivity (Wildman–Crippen MR) is 192 cm³/mol. The van der Waals surface area contributed by atoms with E-state index in [0.717, 1.165) is 97.9 Å². The molecular formula is C38H41Cl2N5O4. The van der Waals surface area contributed by atoms with Gasteiger partial charge in [0, 0.05) is 97.2 Å². The van der Waals surface area contributed by atoms with Crippen LogP contribution in [0.15, 0.2) is 60.8 Å². The molecule has 1 N–H and O–H groups in total. The van der Waals surface area contributed by atoms with Crippen molar-refractivity contribution in [2.45, 2.75) is 38.9 Å². The largest absolute Gasteiger partial charge is 0.496 e. The first-order chi connectivity index (χ1) is 23.8. The van der Waals surface area contributed by atoms with Crippen LogP contribution in [0, 0.1) is 5.41 Å². The molecule has 4 aromatic rings. The highest BCUT2D eigenvalue weighted by atomic mass is 35.5. The van der Waals surface area contributed by atoms with E-state index < -0.39 is 0 Å². The van der Waals surface area contributed by atoms with Crippen molar-refractivity contribution >= 4 is 29.1 Å². The molecule has 11 heteroatoms. The number of halogens is 2. The molecule has 1 spiro atoms. The number of amides is 1. The number of rotatable bonds is 10. The second-order valence-corrected chi connectivity index (χ2v) is 14.1. The number of nitrogens with zero attached hydrogens (tertiary/aromatic N) is 4. The number of methoxy groups -OCH3 is 2. The van der Waals surface area contributed by atoms with Crippen LogP contribution < -0.4 is 14.8 Å². The van der Waals surface area contributed by atoms with Gasteiger partial charge in [-0.25, -0.2) is 4.98 Å². The zero-order valence-corrected chi connectivity index (χ0v) is 29.6. The Kier molecular flexibility index (Phi) is 9.81. The van der Waals surface area contributed by atoms with Gasteiger partial charge in [-0.15, -0.1) is 0 Å². The predicted octanol–water partition coefficient (Wildman–Crippen LogP) is 6.73. The van der Waals surface area contributed by atoms with Crippen molar-refractivity contribution in [3.8, 4) is 45.3 Å². The molecule has 3 aliphatic rings. The molecule has 0 bridgehead atoms. The number of carbonyl (C=O) groups excluding carboxylic acids is 1. The molecule has 0 radical (unpaired) electrons. The zero-order valence-electron chi connectivity index (χ0n) is 28.1. The average molecular weight is 703 g/mol. The fourth-order valence-corrected chi connectivity index (χ4v) is 7.87. The van der Waals surface area contributed by atoms with Gasteiger partial charge in [-0.1, -0.05) is 59.6 Å². The minimum absolute atomic E-state index is 0.135. The summed E-state index contributed by atoms with van der Waals surface area (Å²) in [7, 11) is 3.33. The van der Waals surface area contributed by atoms with Gasteiger partial charge >= 0.3 is 0 Å². The zero-order chi connectivity index (χ0) is 34.1. The molecule has 2 aromatic carbocycles. The third-order valence-corrected chi connectivity index (χ3v) is 10.8. The van der Waals surface area contributed by atoms with Crippen molar-refractivity contribution in [2.75, 3.05) is 53.6 Å². The number of aromatic nitrogens is 2. The van der Waals surface area contributed by atoms with Crippen molar-refractivity contribution in [3.63, 3.8) is 0 Å². The van der Waals surface area contributed by atoms with E-state index in [4.69, 9.17) is 42.4 Å². The van der Waals surface area contributed by atoms with Crippen molar-refractivity contribution in [1.82, 2.24) is 25.1 Å². The number of piperidine rings is 1. The fourth-order valence-electron chi connectivity index (χ4n) is 7.23. The van der Waals surface area contributed by atoms with Gasteiger partial charge in [0.2, 0.25) is 11.8 Å². The van der Waals surface area contributed by atoms with Crippen LogP contribution in [0.3, 0.4) is 0 Å². The molecule has 5 heterocycles. The van der Waals surface area contributed by atoms with E-state index in [1.54, 1.807) is 27.3 Å². The number of pyridine rings is 2. The summed E-state index contributed by atoms with van der Waals surface area (Å²) in [6.45, 7) is 8.46. The van der Waals surface area contributed by atoms with Gasteiger partial charge < -0.3 is 24.4 Å². The lowest BCUT2D eigenvalue weighted by molar-refractivity contribution is -0.191. The minimum Gasteiger partial charge on any atom is -0.496 e. The Morgan fingerprint density at radius 3 is 2.39 bits per heavy atom. The van der Waals surface area contributed by atoms with E-state index in [-0.39, 0.29) is 5.91 Å². The first-order valence-electron chi connectivity index (χ1n) is 16.7. The SMILES string of the molecule is COc1cc(-c2nccc(-c3cccc(-c4ccc(CNC5CCN(C(C)=O)CC5)c(OC)n4)c3Cl)c2Cl)ccc1CN1CC2(COC2)C1. The number of hydrogen-bond acceptors (Lipinski definition) is 8. The standard InChI is InChI=1S/C38H41Cl2N5O4/c1-24(46)45-15-12-28(13-16-45)42-18-26-9-10-32(43-37(26)48-3)31-6-4-5-29(34(31)39)30-11-14-41-36(35(30)40)25-7-8-27(33(17-25)47-2)19-44-20-38(21-44)22-49-23-38/h4-11,14,17,28,42H,12-13,15-16,18-23H2,1-3H3. The van der Waals surface area contributed by atoms with Crippen molar-refractivity contribution in [2.24, 2.45) is 5.41 Å². The molecule has 0 aliphatic carbocycles. The van der Waals surface area contributed by atoms with Gasteiger partial charge in [-0.05, 0) is 31.0 Å².